The smallest absolute Gasteiger partial charge is 0.554 e. The maximum Gasteiger partial charge on any atom is 1.00 e. The molecule has 0 spiro atoms. The molecular weight excluding hydrogens is 162 g/mol. The number of carbonyl (C=O) groups is 1. The van der Waals surface area contributed by atoms with Crippen LogP contribution in [-0.4, -0.2) is 21.2 Å². The Morgan fingerprint density at radius 3 is 1.33 bits per heavy atom. The zero-order valence-corrected chi connectivity index (χ0v) is 7.49. The van der Waals surface area contributed by atoms with E-state index in [1.54, 1.807) is 0 Å². The maximum atomic E-state index is 8.88. The van der Waals surface area contributed by atoms with Gasteiger partial charge in [-0.2, -0.15) is 0 Å². The van der Waals surface area contributed by atoms with Crippen LogP contribution in [0.15, 0.2) is 0 Å². The van der Waals surface area contributed by atoms with Gasteiger partial charge in [0, 0.05) is 6.47 Å². The third kappa shape index (κ3) is 1100. The first kappa shape index (κ1) is 16.3. The molecule has 0 atom stereocenters. The molecule has 0 aliphatic heterocycles. The summed E-state index contributed by atoms with van der Waals surface area (Å²) in [4.78, 5) is 29.8. The second kappa shape index (κ2) is 8.58. The van der Waals surface area contributed by atoms with E-state index in [1.807, 2.05) is 0 Å². The van der Waals surface area contributed by atoms with Crippen molar-refractivity contribution >= 4 is 14.3 Å². The van der Waals surface area contributed by atoms with Gasteiger partial charge in [-0.15, -0.1) is 0 Å². The zero-order valence-electron chi connectivity index (χ0n) is 4.59. The number of carboxylic acid groups (broad SMARTS) is 1. The average molecular weight is 166 g/mol. The minimum absolute atomic E-state index is 0. The van der Waals surface area contributed by atoms with E-state index < -0.39 is 14.3 Å². The van der Waals surface area contributed by atoms with Crippen molar-refractivity contribution in [1.29, 1.82) is 0 Å². The Bertz CT molecular complexity index is 87.0. The number of rotatable bonds is 0. The Morgan fingerprint density at radius 2 is 1.33 bits per heavy atom. The standard InChI is InChI=1S/CH2O2.Na.H3O4P/c2-1-3;;1-5(2,3)4/h1H,(H,2,3);;(H3,1,2,3,4)/q;+1;/p-1. The van der Waals surface area contributed by atoms with Crippen LogP contribution in [0.25, 0.3) is 0 Å². The molecule has 0 aliphatic rings. The molecular formula is CH4NaO6P. The van der Waals surface area contributed by atoms with Gasteiger partial charge in [0.2, 0.25) is 0 Å². The molecule has 3 N–H and O–H groups in total. The van der Waals surface area contributed by atoms with E-state index in [0.717, 1.165) is 0 Å². The molecule has 0 bridgehead atoms. The molecule has 0 unspecified atom stereocenters. The largest absolute Gasteiger partial charge is 1.00 e. The fourth-order valence-corrected chi connectivity index (χ4v) is 0. The summed E-state index contributed by atoms with van der Waals surface area (Å²) >= 11 is 0. The van der Waals surface area contributed by atoms with Crippen molar-refractivity contribution < 1.29 is 58.7 Å². The molecule has 0 radical (unpaired) electrons. The minimum atomic E-state index is -4.64. The van der Waals surface area contributed by atoms with Gasteiger partial charge < -0.3 is 24.6 Å². The number of hydrogen-bond donors (Lipinski definition) is 3. The molecule has 50 valence electrons. The summed E-state index contributed by atoms with van der Waals surface area (Å²) in [5, 5.41) is 8.25. The van der Waals surface area contributed by atoms with Crippen molar-refractivity contribution in [1.82, 2.24) is 0 Å². The number of hydrogen-bond acceptors (Lipinski definition) is 3. The van der Waals surface area contributed by atoms with Gasteiger partial charge in [-0.05, 0) is 0 Å². The van der Waals surface area contributed by atoms with Crippen molar-refractivity contribution in [3.63, 3.8) is 0 Å². The van der Waals surface area contributed by atoms with Crippen LogP contribution in [0.3, 0.4) is 0 Å². The van der Waals surface area contributed by atoms with E-state index in [4.69, 9.17) is 29.1 Å². The van der Waals surface area contributed by atoms with Gasteiger partial charge in [-0.3, -0.25) is 0 Å². The van der Waals surface area contributed by atoms with Gasteiger partial charge in [-0.1, -0.05) is 0 Å². The summed E-state index contributed by atoms with van der Waals surface area (Å²) in [6.07, 6.45) is 0. The Labute approximate surface area is 73.0 Å². The van der Waals surface area contributed by atoms with Crippen LogP contribution in [0.2, 0.25) is 0 Å². The van der Waals surface area contributed by atoms with Gasteiger partial charge in [0.05, 0.1) is 0 Å². The molecule has 6 nitrogen and oxygen atoms in total. The fraction of sp³-hybridized carbons (Fsp3) is 0. The molecule has 0 aromatic carbocycles. The van der Waals surface area contributed by atoms with E-state index in [0.29, 0.717) is 0 Å². The fourth-order valence-electron chi connectivity index (χ4n) is 0. The van der Waals surface area contributed by atoms with Crippen molar-refractivity contribution in [3.8, 4) is 0 Å². The average Bonchev–Trinajstić information content (AvgIpc) is 1.27. The molecule has 0 heterocycles. The van der Waals surface area contributed by atoms with Crippen molar-refractivity contribution in [3.05, 3.63) is 0 Å². The summed E-state index contributed by atoms with van der Waals surface area (Å²) in [5.74, 6) is 0. The van der Waals surface area contributed by atoms with Crippen molar-refractivity contribution in [2.75, 3.05) is 0 Å². The van der Waals surface area contributed by atoms with Crippen molar-refractivity contribution in [2.24, 2.45) is 0 Å². The second-order valence-electron chi connectivity index (χ2n) is 0.610. The zero-order chi connectivity index (χ0) is 7.21. The predicted molar refractivity (Wildman–Crippen MR) is 20.3 cm³/mol. The summed E-state index contributed by atoms with van der Waals surface area (Å²) < 4.78 is 8.88. The maximum absolute atomic E-state index is 8.88. The third-order valence-corrected chi connectivity index (χ3v) is 0. The van der Waals surface area contributed by atoms with Gasteiger partial charge in [-0.25, -0.2) is 4.57 Å². The van der Waals surface area contributed by atoms with Crippen LogP contribution in [0, 0.1) is 0 Å². The van der Waals surface area contributed by atoms with Crippen LogP contribution in [0.5, 0.6) is 0 Å². The molecule has 0 aliphatic carbocycles. The van der Waals surface area contributed by atoms with E-state index >= 15 is 0 Å². The molecule has 0 saturated carbocycles. The first-order valence-electron chi connectivity index (χ1n) is 1.25. The van der Waals surface area contributed by atoms with Crippen LogP contribution >= 0.6 is 7.82 Å². The molecule has 0 fully saturated rings. The Kier molecular flexibility index (Phi) is 15.5. The van der Waals surface area contributed by atoms with E-state index in [-0.39, 0.29) is 29.6 Å². The van der Waals surface area contributed by atoms with E-state index in [1.165, 1.54) is 0 Å². The van der Waals surface area contributed by atoms with Gasteiger partial charge in [0.25, 0.3) is 0 Å². The van der Waals surface area contributed by atoms with Crippen molar-refractivity contribution in [2.45, 2.75) is 0 Å². The van der Waals surface area contributed by atoms with Gasteiger partial charge in [0.1, 0.15) is 0 Å². The molecule has 0 aromatic rings. The Balaban J connectivity index is -0.0000000800. The molecule has 0 amide bonds. The predicted octanol–water partition coefficient (Wildman–Crippen LogP) is -5.56. The normalized spacial score (nSPS) is 7.89. The van der Waals surface area contributed by atoms with Crippen LogP contribution in [0.1, 0.15) is 0 Å². The topological polar surface area (TPSA) is 118 Å². The Morgan fingerprint density at radius 1 is 1.33 bits per heavy atom. The molecule has 9 heavy (non-hydrogen) atoms. The summed E-state index contributed by atoms with van der Waals surface area (Å²) in [7, 11) is -4.64. The van der Waals surface area contributed by atoms with Gasteiger partial charge >= 0.3 is 37.4 Å². The molecule has 0 aromatic heterocycles. The molecule has 0 saturated heterocycles. The second-order valence-corrected chi connectivity index (χ2v) is 1.64. The molecule has 0 rings (SSSR count). The summed E-state index contributed by atoms with van der Waals surface area (Å²) in [5.41, 5.74) is 0. The third-order valence-electron chi connectivity index (χ3n) is 0. The summed E-state index contributed by atoms with van der Waals surface area (Å²) in [6.45, 7) is -0.500. The molecule has 8 heteroatoms. The first-order chi connectivity index (χ1) is 3.41. The monoisotopic (exact) mass is 166 g/mol. The summed E-state index contributed by atoms with van der Waals surface area (Å²) in [6, 6.07) is 0. The van der Waals surface area contributed by atoms with Crippen LogP contribution in [-0.2, 0) is 9.36 Å². The number of carbonyl (C=O) groups excluding carboxylic acids is 1. The minimum Gasteiger partial charge on any atom is -0.554 e. The first-order valence-corrected chi connectivity index (χ1v) is 2.82. The Hall–Kier alpha value is 0.580. The van der Waals surface area contributed by atoms with E-state index in [2.05, 4.69) is 0 Å². The SMILES string of the molecule is O=C[O-].O=P(O)(O)O.[Na+]. The van der Waals surface area contributed by atoms with E-state index in [9.17, 15) is 0 Å². The van der Waals surface area contributed by atoms with Crippen LogP contribution < -0.4 is 34.7 Å². The number of phosphoric acid groups is 1. The van der Waals surface area contributed by atoms with Gasteiger partial charge in [0.15, 0.2) is 0 Å². The quantitative estimate of drug-likeness (QED) is 0.187. The van der Waals surface area contributed by atoms with Crippen LogP contribution in [0.4, 0.5) is 0 Å².